The highest BCUT2D eigenvalue weighted by Gasteiger charge is 2.18. The Morgan fingerprint density at radius 2 is 1.94 bits per heavy atom. The van der Waals surface area contributed by atoms with Crippen molar-refractivity contribution >= 4 is 50.7 Å². The summed E-state index contributed by atoms with van der Waals surface area (Å²) in [5.74, 6) is 0.433. The number of allylic oxidation sites excluding steroid dienone is 1. The number of hydrogen-bond donors (Lipinski definition) is 0. The summed E-state index contributed by atoms with van der Waals surface area (Å²) in [4.78, 5) is 36.3. The zero-order valence-electron chi connectivity index (χ0n) is 18.5. The van der Waals surface area contributed by atoms with Gasteiger partial charge in [-0.1, -0.05) is 49.0 Å². The molecule has 0 aliphatic rings. The highest BCUT2D eigenvalue weighted by molar-refractivity contribution is 7.98. The van der Waals surface area contributed by atoms with Crippen molar-refractivity contribution in [1.29, 1.82) is 0 Å². The molecule has 0 N–H and O–H groups in total. The molecule has 0 radical (unpaired) electrons. The molecule has 0 saturated carbocycles. The fourth-order valence-electron chi connectivity index (χ4n) is 3.46. The molecule has 0 aliphatic carbocycles. The summed E-state index contributed by atoms with van der Waals surface area (Å²) in [5.41, 5.74) is 3.42. The van der Waals surface area contributed by atoms with Crippen molar-refractivity contribution in [2.45, 2.75) is 37.7 Å². The number of thiazole rings is 1. The minimum Gasteiger partial charge on any atom is -0.283 e. The van der Waals surface area contributed by atoms with Crippen LogP contribution >= 0.6 is 23.1 Å². The van der Waals surface area contributed by atoms with Gasteiger partial charge >= 0.3 is 0 Å². The van der Waals surface area contributed by atoms with E-state index in [-0.39, 0.29) is 11.5 Å². The largest absolute Gasteiger partial charge is 0.283 e. The van der Waals surface area contributed by atoms with Crippen LogP contribution in [0.15, 0.2) is 76.5 Å². The second-order valence-corrected chi connectivity index (χ2v) is 9.18. The van der Waals surface area contributed by atoms with E-state index >= 15 is 0 Å². The lowest BCUT2D eigenvalue weighted by Gasteiger charge is -2.18. The number of amides is 1. The van der Waals surface area contributed by atoms with Crippen molar-refractivity contribution in [3.05, 3.63) is 88.2 Å². The Balaban J connectivity index is 1.59. The second kappa shape index (κ2) is 10.1. The molecule has 4 aromatic rings. The maximum absolute atomic E-state index is 12.9. The first-order valence-corrected chi connectivity index (χ1v) is 12.5. The number of anilines is 2. The van der Waals surface area contributed by atoms with Crippen LogP contribution < -0.4 is 10.5 Å². The van der Waals surface area contributed by atoms with E-state index in [1.165, 1.54) is 35.6 Å². The molecule has 0 atom stereocenters. The minimum atomic E-state index is -0.0937. The summed E-state index contributed by atoms with van der Waals surface area (Å²) < 4.78 is 1.63. The van der Waals surface area contributed by atoms with Crippen LogP contribution in [0.2, 0.25) is 0 Å². The molecule has 0 fully saturated rings. The fraction of sp³-hybridized carbons (Fsp3) is 0.200. The van der Waals surface area contributed by atoms with Gasteiger partial charge in [0, 0.05) is 24.6 Å². The predicted octanol–water partition coefficient (Wildman–Crippen LogP) is 5.58. The van der Waals surface area contributed by atoms with Gasteiger partial charge in [0.25, 0.3) is 5.56 Å². The molecular formula is C25H24N4O2S2. The first-order valence-electron chi connectivity index (χ1n) is 10.6. The number of aryl methyl sites for hydroxylation is 1. The number of rotatable bonds is 8. The highest BCUT2D eigenvalue weighted by atomic mass is 32.2. The lowest BCUT2D eigenvalue weighted by molar-refractivity contribution is -0.115. The third kappa shape index (κ3) is 4.91. The van der Waals surface area contributed by atoms with Crippen LogP contribution in [-0.4, -0.2) is 20.4 Å². The van der Waals surface area contributed by atoms with Gasteiger partial charge < -0.3 is 0 Å². The number of carbonyl (C=O) groups is 1. The molecular weight excluding hydrogens is 452 g/mol. The van der Waals surface area contributed by atoms with Crippen LogP contribution in [0.3, 0.4) is 0 Å². The van der Waals surface area contributed by atoms with Gasteiger partial charge in [-0.05, 0) is 36.2 Å². The van der Waals surface area contributed by atoms with Crippen LogP contribution in [0.4, 0.5) is 10.8 Å². The average Bonchev–Trinajstić information content (AvgIpc) is 3.28. The average molecular weight is 477 g/mol. The minimum absolute atomic E-state index is 0.0831. The van der Waals surface area contributed by atoms with Crippen LogP contribution in [0, 0.1) is 0 Å². The van der Waals surface area contributed by atoms with Crippen molar-refractivity contribution in [3.63, 3.8) is 0 Å². The number of thioether (sulfide) groups is 1. The SMILES string of the molecule is C=CCn1c(SCc2csc(N(C(C)=O)c3ccc(CC)cc3)n2)nc2ccccc2c1=O. The third-order valence-electron chi connectivity index (χ3n) is 5.14. The molecule has 2 heterocycles. The molecule has 6 nitrogen and oxygen atoms in total. The van der Waals surface area contributed by atoms with E-state index in [1.807, 2.05) is 47.8 Å². The zero-order chi connectivity index (χ0) is 23.4. The molecule has 0 aliphatic heterocycles. The second-order valence-electron chi connectivity index (χ2n) is 7.40. The normalized spacial score (nSPS) is 11.0. The quantitative estimate of drug-likeness (QED) is 0.189. The van der Waals surface area contributed by atoms with E-state index in [0.29, 0.717) is 33.5 Å². The molecule has 33 heavy (non-hydrogen) atoms. The molecule has 8 heteroatoms. The van der Waals surface area contributed by atoms with E-state index in [2.05, 4.69) is 13.5 Å². The Morgan fingerprint density at radius 1 is 1.18 bits per heavy atom. The van der Waals surface area contributed by atoms with Crippen molar-refractivity contribution < 1.29 is 4.79 Å². The summed E-state index contributed by atoms with van der Waals surface area (Å²) in [6.45, 7) is 7.79. The van der Waals surface area contributed by atoms with Crippen LogP contribution in [0.5, 0.6) is 0 Å². The number of para-hydroxylation sites is 1. The lowest BCUT2D eigenvalue weighted by Crippen LogP contribution is -2.23. The highest BCUT2D eigenvalue weighted by Crippen LogP contribution is 2.31. The van der Waals surface area contributed by atoms with Crippen LogP contribution in [-0.2, 0) is 23.5 Å². The Bertz CT molecular complexity index is 1360. The van der Waals surface area contributed by atoms with Gasteiger partial charge in [0.05, 0.1) is 22.3 Å². The van der Waals surface area contributed by atoms with E-state index in [4.69, 9.17) is 9.97 Å². The Kier molecular flexibility index (Phi) is 7.05. The summed E-state index contributed by atoms with van der Waals surface area (Å²) in [7, 11) is 0. The van der Waals surface area contributed by atoms with E-state index in [1.54, 1.807) is 21.6 Å². The number of aromatic nitrogens is 3. The molecule has 0 saturated heterocycles. The van der Waals surface area contributed by atoms with Gasteiger partial charge in [-0.15, -0.1) is 17.9 Å². The van der Waals surface area contributed by atoms with Gasteiger partial charge in [-0.3, -0.25) is 19.1 Å². The van der Waals surface area contributed by atoms with Crippen molar-refractivity contribution in [1.82, 2.24) is 14.5 Å². The van der Waals surface area contributed by atoms with Gasteiger partial charge in [0.15, 0.2) is 10.3 Å². The zero-order valence-corrected chi connectivity index (χ0v) is 20.2. The number of benzene rings is 2. The monoisotopic (exact) mass is 476 g/mol. The number of carbonyl (C=O) groups excluding carboxylic acids is 1. The summed E-state index contributed by atoms with van der Waals surface area (Å²) in [6, 6.07) is 15.3. The summed E-state index contributed by atoms with van der Waals surface area (Å²) in [6.07, 6.45) is 2.64. The van der Waals surface area contributed by atoms with Crippen molar-refractivity contribution in [2.75, 3.05) is 4.90 Å². The third-order valence-corrected chi connectivity index (χ3v) is 7.02. The molecule has 2 aromatic heterocycles. The van der Waals surface area contributed by atoms with Gasteiger partial charge in [-0.25, -0.2) is 9.97 Å². The number of hydrogen-bond acceptors (Lipinski definition) is 6. The van der Waals surface area contributed by atoms with Crippen LogP contribution in [0.25, 0.3) is 10.9 Å². The fourth-order valence-corrected chi connectivity index (χ4v) is 5.35. The molecule has 1 amide bonds. The first-order chi connectivity index (χ1) is 16.0. The maximum Gasteiger partial charge on any atom is 0.262 e. The Morgan fingerprint density at radius 3 is 2.64 bits per heavy atom. The summed E-state index contributed by atoms with van der Waals surface area (Å²) >= 11 is 2.87. The maximum atomic E-state index is 12.9. The molecule has 0 bridgehead atoms. The Labute approximate surface area is 200 Å². The molecule has 0 spiro atoms. The van der Waals surface area contributed by atoms with Crippen molar-refractivity contribution in [3.8, 4) is 0 Å². The van der Waals surface area contributed by atoms with Gasteiger partial charge in [0.2, 0.25) is 5.91 Å². The van der Waals surface area contributed by atoms with E-state index in [0.717, 1.165) is 17.8 Å². The molecule has 168 valence electrons. The van der Waals surface area contributed by atoms with E-state index in [9.17, 15) is 9.59 Å². The van der Waals surface area contributed by atoms with Gasteiger partial charge in [-0.2, -0.15) is 0 Å². The smallest absolute Gasteiger partial charge is 0.262 e. The molecule has 2 aromatic carbocycles. The lowest BCUT2D eigenvalue weighted by atomic mass is 10.1. The predicted molar refractivity (Wildman–Crippen MR) is 137 cm³/mol. The molecule has 0 unspecified atom stereocenters. The first kappa shape index (κ1) is 22.9. The van der Waals surface area contributed by atoms with Gasteiger partial charge in [0.1, 0.15) is 0 Å². The molecule has 4 rings (SSSR count). The number of nitrogens with zero attached hydrogens (tertiary/aromatic N) is 4. The van der Waals surface area contributed by atoms with Crippen molar-refractivity contribution in [2.24, 2.45) is 0 Å². The standard InChI is InChI=1S/C25H24N4O2S2/c1-4-14-28-23(31)21-8-6-7-9-22(21)27-24(28)32-15-19-16-33-25(26-19)29(17(3)30)20-12-10-18(5-2)11-13-20/h4,6-13,16H,1,5,14-15H2,2-3H3. The number of fused-ring (bicyclic) bond motifs is 1. The topological polar surface area (TPSA) is 68.1 Å². The summed E-state index contributed by atoms with van der Waals surface area (Å²) in [5, 5.41) is 3.77. The Hall–Kier alpha value is -3.23. The van der Waals surface area contributed by atoms with Crippen LogP contribution in [0.1, 0.15) is 25.1 Å². The van der Waals surface area contributed by atoms with E-state index < -0.39 is 0 Å².